The predicted octanol–water partition coefficient (Wildman–Crippen LogP) is 3.12. The molecule has 1 aromatic heterocycles. The number of rotatable bonds is 2. The second-order valence-corrected chi connectivity index (χ2v) is 4.50. The Hall–Kier alpha value is -1.25. The van der Waals surface area contributed by atoms with Gasteiger partial charge in [-0.3, -0.25) is 4.79 Å². The van der Waals surface area contributed by atoms with Gasteiger partial charge in [-0.1, -0.05) is 32.1 Å². The fourth-order valence-electron chi connectivity index (χ4n) is 2.37. The zero-order chi connectivity index (χ0) is 11.2. The van der Waals surface area contributed by atoms with Crippen molar-refractivity contribution >= 4 is 6.29 Å². The second-order valence-electron chi connectivity index (χ2n) is 4.50. The maximum atomic E-state index is 10.7. The molecule has 1 fully saturated rings. The number of nitrogens with zero attached hydrogens (tertiary/aromatic N) is 2. The maximum Gasteiger partial charge on any atom is 0.168 e. The summed E-state index contributed by atoms with van der Waals surface area (Å²) in [5, 5.41) is 0. The SMILES string of the molecule is O=Cc1ccnc(C2CCCCCCC2)n1. The molecule has 0 spiro atoms. The summed E-state index contributed by atoms with van der Waals surface area (Å²) in [4.78, 5) is 19.3. The van der Waals surface area contributed by atoms with Crippen LogP contribution in [0.5, 0.6) is 0 Å². The van der Waals surface area contributed by atoms with Gasteiger partial charge < -0.3 is 0 Å². The smallest absolute Gasteiger partial charge is 0.168 e. The summed E-state index contributed by atoms with van der Waals surface area (Å²) in [6.45, 7) is 0. The van der Waals surface area contributed by atoms with E-state index in [4.69, 9.17) is 0 Å². The third-order valence-corrected chi connectivity index (χ3v) is 3.29. The van der Waals surface area contributed by atoms with Crippen LogP contribution in [0.25, 0.3) is 0 Å². The Morgan fingerprint density at radius 1 is 1.12 bits per heavy atom. The van der Waals surface area contributed by atoms with Gasteiger partial charge in [-0.2, -0.15) is 0 Å². The molecule has 0 bridgehead atoms. The molecule has 86 valence electrons. The highest BCUT2D eigenvalue weighted by molar-refractivity contribution is 5.71. The number of aromatic nitrogens is 2. The molecule has 0 unspecified atom stereocenters. The van der Waals surface area contributed by atoms with Crippen molar-refractivity contribution < 1.29 is 4.79 Å². The summed E-state index contributed by atoms with van der Waals surface area (Å²) in [6.07, 6.45) is 11.4. The molecule has 1 aliphatic carbocycles. The van der Waals surface area contributed by atoms with E-state index in [1.807, 2.05) is 0 Å². The van der Waals surface area contributed by atoms with Crippen LogP contribution < -0.4 is 0 Å². The van der Waals surface area contributed by atoms with Gasteiger partial charge in [0.1, 0.15) is 11.5 Å². The number of carbonyl (C=O) groups excluding carboxylic acids is 1. The summed E-state index contributed by atoms with van der Waals surface area (Å²) < 4.78 is 0. The van der Waals surface area contributed by atoms with E-state index in [1.54, 1.807) is 12.3 Å². The third kappa shape index (κ3) is 2.87. The van der Waals surface area contributed by atoms with Crippen molar-refractivity contribution in [3.05, 3.63) is 23.8 Å². The molecule has 1 aromatic rings. The monoisotopic (exact) mass is 218 g/mol. The quantitative estimate of drug-likeness (QED) is 0.716. The minimum atomic E-state index is 0.459. The summed E-state index contributed by atoms with van der Waals surface area (Å²) >= 11 is 0. The zero-order valence-corrected chi connectivity index (χ0v) is 9.56. The van der Waals surface area contributed by atoms with Crippen LogP contribution in [0.4, 0.5) is 0 Å². The average Bonchev–Trinajstić information content (AvgIpc) is 2.29. The molecule has 0 aromatic carbocycles. The number of hydrogen-bond acceptors (Lipinski definition) is 3. The van der Waals surface area contributed by atoms with Gasteiger partial charge in [0.05, 0.1) is 0 Å². The largest absolute Gasteiger partial charge is 0.296 e. The van der Waals surface area contributed by atoms with Crippen LogP contribution >= 0.6 is 0 Å². The summed E-state index contributed by atoms with van der Waals surface area (Å²) in [7, 11) is 0. The first-order chi connectivity index (χ1) is 7.90. The van der Waals surface area contributed by atoms with Gasteiger partial charge in [-0.05, 0) is 18.9 Å². The van der Waals surface area contributed by atoms with Crippen LogP contribution in [-0.2, 0) is 0 Å². The summed E-state index contributed by atoms with van der Waals surface area (Å²) in [6, 6.07) is 1.67. The molecule has 1 aliphatic rings. The first kappa shape index (κ1) is 11.2. The normalized spacial score (nSPS) is 18.8. The molecule has 0 N–H and O–H groups in total. The van der Waals surface area contributed by atoms with Crippen LogP contribution in [0.1, 0.15) is 67.2 Å². The lowest BCUT2D eigenvalue weighted by Crippen LogP contribution is -2.08. The van der Waals surface area contributed by atoms with Crippen molar-refractivity contribution in [1.82, 2.24) is 9.97 Å². The molecule has 0 aliphatic heterocycles. The van der Waals surface area contributed by atoms with Crippen LogP contribution in [-0.4, -0.2) is 16.3 Å². The predicted molar refractivity (Wildman–Crippen MR) is 62.5 cm³/mol. The van der Waals surface area contributed by atoms with Crippen LogP contribution in [0, 0.1) is 0 Å². The molecule has 0 amide bonds. The van der Waals surface area contributed by atoms with Crippen molar-refractivity contribution in [3.8, 4) is 0 Å². The molecular weight excluding hydrogens is 200 g/mol. The highest BCUT2D eigenvalue weighted by Gasteiger charge is 2.16. The van der Waals surface area contributed by atoms with E-state index in [-0.39, 0.29) is 0 Å². The Kier molecular flexibility index (Phi) is 4.03. The lowest BCUT2D eigenvalue weighted by Gasteiger charge is -2.18. The van der Waals surface area contributed by atoms with Gasteiger partial charge in [0.25, 0.3) is 0 Å². The molecule has 16 heavy (non-hydrogen) atoms. The van der Waals surface area contributed by atoms with Crippen molar-refractivity contribution in [2.45, 2.75) is 50.9 Å². The minimum Gasteiger partial charge on any atom is -0.296 e. The van der Waals surface area contributed by atoms with Gasteiger partial charge in [0.15, 0.2) is 6.29 Å². The molecular formula is C13H18N2O. The van der Waals surface area contributed by atoms with E-state index >= 15 is 0 Å². The average molecular weight is 218 g/mol. The molecule has 0 radical (unpaired) electrons. The molecule has 1 saturated carbocycles. The van der Waals surface area contributed by atoms with Gasteiger partial charge in [-0.15, -0.1) is 0 Å². The fourth-order valence-corrected chi connectivity index (χ4v) is 2.37. The lowest BCUT2D eigenvalue weighted by atomic mass is 9.90. The van der Waals surface area contributed by atoms with Crippen molar-refractivity contribution in [2.75, 3.05) is 0 Å². The molecule has 3 heteroatoms. The Morgan fingerprint density at radius 2 is 1.81 bits per heavy atom. The Balaban J connectivity index is 2.10. The van der Waals surface area contributed by atoms with Crippen LogP contribution in [0.2, 0.25) is 0 Å². The standard InChI is InChI=1S/C13H18N2O/c16-10-12-8-9-14-13(15-12)11-6-4-2-1-3-5-7-11/h8-11H,1-7H2. The minimum absolute atomic E-state index is 0.459. The third-order valence-electron chi connectivity index (χ3n) is 3.29. The highest BCUT2D eigenvalue weighted by atomic mass is 16.1. The first-order valence-electron chi connectivity index (χ1n) is 6.18. The van der Waals surface area contributed by atoms with Crippen LogP contribution in [0.15, 0.2) is 12.3 Å². The summed E-state index contributed by atoms with van der Waals surface area (Å²) in [5.41, 5.74) is 0.507. The van der Waals surface area contributed by atoms with Crippen LogP contribution in [0.3, 0.4) is 0 Å². The van der Waals surface area contributed by atoms with E-state index in [9.17, 15) is 4.79 Å². The second kappa shape index (κ2) is 5.73. The lowest BCUT2D eigenvalue weighted by molar-refractivity contribution is 0.111. The molecule has 0 atom stereocenters. The van der Waals surface area contributed by atoms with E-state index in [2.05, 4.69) is 9.97 Å². The van der Waals surface area contributed by atoms with Crippen molar-refractivity contribution in [3.63, 3.8) is 0 Å². The molecule has 3 nitrogen and oxygen atoms in total. The number of aldehydes is 1. The van der Waals surface area contributed by atoms with E-state index < -0.39 is 0 Å². The van der Waals surface area contributed by atoms with E-state index in [0.717, 1.165) is 12.1 Å². The fraction of sp³-hybridized carbons (Fsp3) is 0.615. The van der Waals surface area contributed by atoms with Gasteiger partial charge in [0, 0.05) is 12.1 Å². The molecule has 1 heterocycles. The highest BCUT2D eigenvalue weighted by Crippen LogP contribution is 2.28. The molecule has 2 rings (SSSR count). The van der Waals surface area contributed by atoms with Gasteiger partial charge >= 0.3 is 0 Å². The number of hydrogen-bond donors (Lipinski definition) is 0. The zero-order valence-electron chi connectivity index (χ0n) is 9.56. The van der Waals surface area contributed by atoms with Gasteiger partial charge in [-0.25, -0.2) is 9.97 Å². The Morgan fingerprint density at radius 3 is 2.50 bits per heavy atom. The van der Waals surface area contributed by atoms with E-state index in [0.29, 0.717) is 11.6 Å². The summed E-state index contributed by atoms with van der Waals surface area (Å²) in [5.74, 6) is 1.33. The topological polar surface area (TPSA) is 42.9 Å². The maximum absolute atomic E-state index is 10.7. The first-order valence-corrected chi connectivity index (χ1v) is 6.18. The molecule has 0 saturated heterocycles. The Labute approximate surface area is 96.3 Å². The number of carbonyl (C=O) groups is 1. The van der Waals surface area contributed by atoms with Crippen molar-refractivity contribution in [1.29, 1.82) is 0 Å². The van der Waals surface area contributed by atoms with Gasteiger partial charge in [0.2, 0.25) is 0 Å². The van der Waals surface area contributed by atoms with Crippen molar-refractivity contribution in [2.24, 2.45) is 0 Å². The Bertz CT molecular complexity index is 344. The van der Waals surface area contributed by atoms with E-state index in [1.165, 1.54) is 44.9 Å².